The van der Waals surface area contributed by atoms with Crippen LogP contribution >= 0.6 is 0 Å². The zero-order valence-electron chi connectivity index (χ0n) is 8.45. The Morgan fingerprint density at radius 1 is 1.57 bits per heavy atom. The lowest BCUT2D eigenvalue weighted by Gasteiger charge is -2.09. The van der Waals surface area contributed by atoms with Crippen molar-refractivity contribution in [2.75, 3.05) is 5.32 Å². The van der Waals surface area contributed by atoms with E-state index in [0.717, 1.165) is 17.8 Å². The van der Waals surface area contributed by atoms with Crippen LogP contribution in [0.1, 0.15) is 31.9 Å². The van der Waals surface area contributed by atoms with E-state index in [1.54, 1.807) is 6.20 Å². The molecule has 1 unspecified atom stereocenters. The highest BCUT2D eigenvalue weighted by molar-refractivity contribution is 6.02. The number of nitrogens with one attached hydrogen (secondary N) is 1. The lowest BCUT2D eigenvalue weighted by molar-refractivity contribution is -0.117. The summed E-state index contributed by atoms with van der Waals surface area (Å²) in [5, 5.41) is 2.85. The van der Waals surface area contributed by atoms with Gasteiger partial charge in [-0.25, -0.2) is 0 Å². The molecular weight excluding hydrogens is 176 g/mol. The molecule has 1 aromatic heterocycles. The monoisotopic (exact) mass is 190 g/mol. The van der Waals surface area contributed by atoms with Crippen LogP contribution in [0.15, 0.2) is 18.3 Å². The Balaban J connectivity index is 2.30. The third kappa shape index (κ3) is 1.50. The Kier molecular flexibility index (Phi) is 2.23. The van der Waals surface area contributed by atoms with Gasteiger partial charge in [0.15, 0.2) is 0 Å². The van der Waals surface area contributed by atoms with Crippen LogP contribution < -0.4 is 5.32 Å². The fraction of sp³-hybridized carbons (Fsp3) is 0.455. The van der Waals surface area contributed by atoms with Crippen molar-refractivity contribution in [3.8, 4) is 0 Å². The first-order valence-corrected chi connectivity index (χ1v) is 4.94. The number of pyridine rings is 1. The van der Waals surface area contributed by atoms with E-state index in [2.05, 4.69) is 24.1 Å². The summed E-state index contributed by atoms with van der Waals surface area (Å²) in [6.07, 6.45) is 2.61. The zero-order chi connectivity index (χ0) is 10.1. The number of fused-ring (bicyclic) bond motifs is 1. The van der Waals surface area contributed by atoms with Crippen LogP contribution in [0.5, 0.6) is 0 Å². The Labute approximate surface area is 83.5 Å². The van der Waals surface area contributed by atoms with E-state index >= 15 is 0 Å². The van der Waals surface area contributed by atoms with Crippen molar-refractivity contribution < 1.29 is 4.79 Å². The predicted octanol–water partition coefficient (Wildman–Crippen LogP) is 2.16. The summed E-state index contributed by atoms with van der Waals surface area (Å²) in [6.45, 7) is 4.24. The molecule has 0 aromatic carbocycles. The molecular formula is C11H14N2O. The fourth-order valence-electron chi connectivity index (χ4n) is 1.83. The molecule has 0 spiro atoms. The lowest BCUT2D eigenvalue weighted by atomic mass is 9.95. The minimum atomic E-state index is -0.0498. The van der Waals surface area contributed by atoms with Gasteiger partial charge in [0.25, 0.3) is 0 Å². The lowest BCUT2D eigenvalue weighted by Crippen LogP contribution is -2.14. The third-order valence-corrected chi connectivity index (χ3v) is 2.45. The number of rotatable bonds is 2. The van der Waals surface area contributed by atoms with Gasteiger partial charge in [-0.3, -0.25) is 9.78 Å². The Bertz CT molecular complexity index is 360. The summed E-state index contributed by atoms with van der Waals surface area (Å²) >= 11 is 0. The Morgan fingerprint density at radius 3 is 3.07 bits per heavy atom. The maximum absolute atomic E-state index is 11.6. The van der Waals surface area contributed by atoms with E-state index in [0.29, 0.717) is 5.92 Å². The molecule has 2 rings (SSSR count). The number of carbonyl (C=O) groups excluding carboxylic acids is 1. The first kappa shape index (κ1) is 9.19. The molecule has 0 bridgehead atoms. The summed E-state index contributed by atoms with van der Waals surface area (Å²) in [6, 6.07) is 3.75. The topological polar surface area (TPSA) is 42.0 Å². The SMILES string of the molecule is CC(C)CC1C(=O)Nc2cccnc21. The van der Waals surface area contributed by atoms with Crippen LogP contribution in [-0.2, 0) is 4.79 Å². The van der Waals surface area contributed by atoms with Crippen molar-refractivity contribution in [3.63, 3.8) is 0 Å². The average molecular weight is 190 g/mol. The van der Waals surface area contributed by atoms with Crippen LogP contribution in [0.4, 0.5) is 5.69 Å². The summed E-state index contributed by atoms with van der Waals surface area (Å²) in [4.78, 5) is 15.9. The predicted molar refractivity (Wildman–Crippen MR) is 55.1 cm³/mol. The van der Waals surface area contributed by atoms with Gasteiger partial charge in [0.1, 0.15) is 0 Å². The number of aromatic nitrogens is 1. The summed E-state index contributed by atoms with van der Waals surface area (Å²) in [5.74, 6) is 0.553. The number of nitrogens with zero attached hydrogens (tertiary/aromatic N) is 1. The van der Waals surface area contributed by atoms with Gasteiger partial charge in [0.05, 0.1) is 17.3 Å². The van der Waals surface area contributed by atoms with Gasteiger partial charge in [-0.1, -0.05) is 13.8 Å². The number of hydrogen-bond donors (Lipinski definition) is 1. The van der Waals surface area contributed by atoms with Crippen molar-refractivity contribution in [1.29, 1.82) is 0 Å². The van der Waals surface area contributed by atoms with E-state index < -0.39 is 0 Å². The fourth-order valence-corrected chi connectivity index (χ4v) is 1.83. The third-order valence-electron chi connectivity index (χ3n) is 2.45. The van der Waals surface area contributed by atoms with E-state index in [1.807, 2.05) is 12.1 Å². The molecule has 0 aliphatic carbocycles. The Hall–Kier alpha value is -1.38. The molecule has 1 atom stereocenters. The van der Waals surface area contributed by atoms with E-state index in [9.17, 15) is 4.79 Å². The van der Waals surface area contributed by atoms with Crippen LogP contribution in [0.3, 0.4) is 0 Å². The van der Waals surface area contributed by atoms with Gasteiger partial charge in [0.2, 0.25) is 5.91 Å². The first-order chi connectivity index (χ1) is 6.68. The van der Waals surface area contributed by atoms with E-state index in [1.165, 1.54) is 0 Å². The van der Waals surface area contributed by atoms with Crippen LogP contribution in [0.25, 0.3) is 0 Å². The normalized spacial score (nSPS) is 19.6. The summed E-state index contributed by atoms with van der Waals surface area (Å²) < 4.78 is 0. The molecule has 1 aromatic rings. The zero-order valence-corrected chi connectivity index (χ0v) is 8.45. The molecule has 0 radical (unpaired) electrons. The molecule has 3 heteroatoms. The highest BCUT2D eigenvalue weighted by Crippen LogP contribution is 2.34. The van der Waals surface area contributed by atoms with Gasteiger partial charge in [0, 0.05) is 6.20 Å². The maximum Gasteiger partial charge on any atom is 0.233 e. The molecule has 14 heavy (non-hydrogen) atoms. The number of anilines is 1. The molecule has 2 heterocycles. The van der Waals surface area contributed by atoms with Gasteiger partial charge >= 0.3 is 0 Å². The first-order valence-electron chi connectivity index (χ1n) is 4.94. The molecule has 1 aliphatic heterocycles. The van der Waals surface area contributed by atoms with Gasteiger partial charge in [-0.2, -0.15) is 0 Å². The molecule has 1 N–H and O–H groups in total. The largest absolute Gasteiger partial charge is 0.324 e. The molecule has 3 nitrogen and oxygen atoms in total. The molecule has 0 saturated heterocycles. The minimum Gasteiger partial charge on any atom is -0.324 e. The highest BCUT2D eigenvalue weighted by Gasteiger charge is 2.31. The molecule has 74 valence electrons. The summed E-state index contributed by atoms with van der Waals surface area (Å²) in [5.41, 5.74) is 1.79. The smallest absolute Gasteiger partial charge is 0.233 e. The number of amides is 1. The van der Waals surface area contributed by atoms with Crippen molar-refractivity contribution in [2.45, 2.75) is 26.2 Å². The summed E-state index contributed by atoms with van der Waals surface area (Å²) in [7, 11) is 0. The van der Waals surface area contributed by atoms with Crippen molar-refractivity contribution >= 4 is 11.6 Å². The van der Waals surface area contributed by atoms with Crippen LogP contribution in [-0.4, -0.2) is 10.9 Å². The van der Waals surface area contributed by atoms with E-state index in [-0.39, 0.29) is 11.8 Å². The molecule has 0 fully saturated rings. The van der Waals surface area contributed by atoms with Gasteiger partial charge in [-0.05, 0) is 24.5 Å². The standard InChI is InChI=1S/C11H14N2O/c1-7(2)6-8-10-9(13-11(8)14)4-3-5-12-10/h3-5,7-8H,6H2,1-2H3,(H,13,14). The highest BCUT2D eigenvalue weighted by atomic mass is 16.2. The second-order valence-electron chi connectivity index (χ2n) is 4.11. The van der Waals surface area contributed by atoms with Crippen molar-refractivity contribution in [1.82, 2.24) is 4.98 Å². The molecule has 1 aliphatic rings. The maximum atomic E-state index is 11.6. The molecule has 0 saturated carbocycles. The average Bonchev–Trinajstić information content (AvgIpc) is 2.43. The van der Waals surface area contributed by atoms with Crippen LogP contribution in [0, 0.1) is 5.92 Å². The quantitative estimate of drug-likeness (QED) is 0.776. The Morgan fingerprint density at radius 2 is 2.36 bits per heavy atom. The number of carbonyl (C=O) groups is 1. The van der Waals surface area contributed by atoms with E-state index in [4.69, 9.17) is 0 Å². The molecule has 1 amide bonds. The van der Waals surface area contributed by atoms with Crippen LogP contribution in [0.2, 0.25) is 0 Å². The van der Waals surface area contributed by atoms with Crippen molar-refractivity contribution in [2.24, 2.45) is 5.92 Å². The minimum absolute atomic E-state index is 0.0498. The number of hydrogen-bond acceptors (Lipinski definition) is 2. The van der Waals surface area contributed by atoms with Gasteiger partial charge < -0.3 is 5.32 Å². The second-order valence-corrected chi connectivity index (χ2v) is 4.11. The van der Waals surface area contributed by atoms with Gasteiger partial charge in [-0.15, -0.1) is 0 Å². The second kappa shape index (κ2) is 3.40. The van der Waals surface area contributed by atoms with Crippen molar-refractivity contribution in [3.05, 3.63) is 24.0 Å².